The van der Waals surface area contributed by atoms with Crippen LogP contribution in [0.4, 0.5) is 0 Å². The van der Waals surface area contributed by atoms with E-state index < -0.39 is 6.10 Å². The van der Waals surface area contributed by atoms with E-state index in [2.05, 4.69) is 5.32 Å². The molecule has 0 aromatic heterocycles. The first-order valence-electron chi connectivity index (χ1n) is 8.39. The normalized spacial score (nSPS) is 27.6. The number of benzene rings is 1. The van der Waals surface area contributed by atoms with E-state index in [0.29, 0.717) is 28.9 Å². The number of aryl methyl sites for hydroxylation is 1. The molecule has 0 spiro atoms. The summed E-state index contributed by atoms with van der Waals surface area (Å²) in [6.07, 6.45) is 4.07. The summed E-state index contributed by atoms with van der Waals surface area (Å²) in [4.78, 5) is 14.6. The van der Waals surface area contributed by atoms with Crippen LogP contribution in [0.2, 0.25) is 5.02 Å². The number of piperidine rings is 1. The number of fused-ring (bicyclic) bond motifs is 2. The smallest absolute Gasteiger partial charge is 0.263 e. The van der Waals surface area contributed by atoms with Crippen molar-refractivity contribution < 1.29 is 9.53 Å². The number of likely N-dealkylation sites (N-methyl/N-ethyl adjacent to an activating group) is 1. The Hall–Kier alpha value is -1.26. The van der Waals surface area contributed by atoms with E-state index in [1.807, 2.05) is 37.9 Å². The van der Waals surface area contributed by atoms with Gasteiger partial charge in [0.05, 0.1) is 0 Å². The van der Waals surface area contributed by atoms with Crippen LogP contribution in [-0.2, 0) is 4.79 Å². The van der Waals surface area contributed by atoms with Crippen molar-refractivity contribution in [2.75, 3.05) is 7.05 Å². The van der Waals surface area contributed by atoms with Crippen LogP contribution in [0.1, 0.15) is 38.2 Å². The fourth-order valence-electron chi connectivity index (χ4n) is 3.76. The van der Waals surface area contributed by atoms with Gasteiger partial charge in [-0.25, -0.2) is 0 Å². The summed E-state index contributed by atoms with van der Waals surface area (Å²) in [5, 5.41) is 4.32. The molecule has 126 valence electrons. The number of rotatable bonds is 4. The van der Waals surface area contributed by atoms with Gasteiger partial charge in [-0.2, -0.15) is 0 Å². The third-order valence-corrected chi connectivity index (χ3v) is 5.56. The molecule has 2 bridgehead atoms. The highest BCUT2D eigenvalue weighted by Crippen LogP contribution is 2.30. The van der Waals surface area contributed by atoms with Gasteiger partial charge >= 0.3 is 0 Å². The van der Waals surface area contributed by atoms with Crippen LogP contribution in [-0.4, -0.2) is 42.1 Å². The first kappa shape index (κ1) is 16.6. The van der Waals surface area contributed by atoms with Crippen molar-refractivity contribution in [3.05, 3.63) is 28.8 Å². The lowest BCUT2D eigenvalue weighted by molar-refractivity contribution is -0.139. The van der Waals surface area contributed by atoms with Crippen molar-refractivity contribution in [1.29, 1.82) is 0 Å². The van der Waals surface area contributed by atoms with E-state index in [1.54, 1.807) is 6.07 Å². The maximum Gasteiger partial charge on any atom is 0.263 e. The molecule has 1 aromatic rings. The topological polar surface area (TPSA) is 41.6 Å². The lowest BCUT2D eigenvalue weighted by atomic mass is 9.98. The van der Waals surface area contributed by atoms with Crippen LogP contribution in [0.3, 0.4) is 0 Å². The van der Waals surface area contributed by atoms with E-state index in [9.17, 15) is 4.79 Å². The number of carbonyl (C=O) groups excluding carboxylic acids is 1. The van der Waals surface area contributed by atoms with Gasteiger partial charge in [0, 0.05) is 30.2 Å². The van der Waals surface area contributed by atoms with Crippen LogP contribution >= 0.6 is 11.6 Å². The van der Waals surface area contributed by atoms with Crippen LogP contribution in [0.15, 0.2) is 18.2 Å². The number of nitrogens with zero attached hydrogens (tertiary/aromatic N) is 1. The van der Waals surface area contributed by atoms with Gasteiger partial charge in [0.25, 0.3) is 5.91 Å². The van der Waals surface area contributed by atoms with E-state index in [4.69, 9.17) is 16.3 Å². The summed E-state index contributed by atoms with van der Waals surface area (Å²) in [6.45, 7) is 3.75. The second kappa shape index (κ2) is 6.70. The van der Waals surface area contributed by atoms with Gasteiger partial charge < -0.3 is 15.0 Å². The molecule has 1 amide bonds. The predicted octanol–water partition coefficient (Wildman–Crippen LogP) is 3.16. The van der Waals surface area contributed by atoms with Gasteiger partial charge in [0.2, 0.25) is 0 Å². The highest BCUT2D eigenvalue weighted by molar-refractivity contribution is 6.31. The summed E-state index contributed by atoms with van der Waals surface area (Å²) in [5.41, 5.74) is 0.951. The molecule has 2 saturated heterocycles. The van der Waals surface area contributed by atoms with Crippen molar-refractivity contribution in [2.45, 2.75) is 63.8 Å². The molecule has 1 aromatic carbocycles. The molecular formula is C18H25ClN2O2. The Morgan fingerprint density at radius 1 is 1.35 bits per heavy atom. The summed E-state index contributed by atoms with van der Waals surface area (Å²) in [7, 11) is 1.91. The number of hydrogen-bond acceptors (Lipinski definition) is 3. The van der Waals surface area contributed by atoms with Gasteiger partial charge in [0.15, 0.2) is 6.10 Å². The molecule has 0 aliphatic carbocycles. The molecule has 1 N–H and O–H groups in total. The van der Waals surface area contributed by atoms with Crippen LogP contribution < -0.4 is 10.1 Å². The fourth-order valence-corrected chi connectivity index (χ4v) is 3.87. The van der Waals surface area contributed by atoms with Crippen LogP contribution in [0.5, 0.6) is 5.75 Å². The lowest BCUT2D eigenvalue weighted by Gasteiger charge is -2.36. The van der Waals surface area contributed by atoms with Gasteiger partial charge in [-0.15, -0.1) is 0 Å². The Labute approximate surface area is 143 Å². The summed E-state index contributed by atoms with van der Waals surface area (Å²) < 4.78 is 5.83. The van der Waals surface area contributed by atoms with Crippen molar-refractivity contribution in [3.63, 3.8) is 0 Å². The highest BCUT2D eigenvalue weighted by Gasteiger charge is 2.37. The van der Waals surface area contributed by atoms with Crippen molar-refractivity contribution in [3.8, 4) is 5.75 Å². The van der Waals surface area contributed by atoms with Crippen molar-refractivity contribution >= 4 is 17.5 Å². The van der Waals surface area contributed by atoms with Gasteiger partial charge in [0.1, 0.15) is 5.75 Å². The first-order chi connectivity index (χ1) is 10.9. The summed E-state index contributed by atoms with van der Waals surface area (Å²) >= 11 is 6.03. The second-order valence-corrected chi connectivity index (χ2v) is 7.29. The molecule has 0 radical (unpaired) electrons. The number of ether oxygens (including phenoxy) is 1. The molecule has 5 heteroatoms. The minimum absolute atomic E-state index is 0.0453. The average Bonchev–Trinajstić information content (AvgIpc) is 2.87. The molecule has 3 rings (SSSR count). The van der Waals surface area contributed by atoms with Crippen molar-refractivity contribution in [1.82, 2.24) is 10.2 Å². The zero-order valence-corrected chi connectivity index (χ0v) is 14.8. The Morgan fingerprint density at radius 2 is 2.00 bits per heavy atom. The molecule has 2 aliphatic rings. The number of nitrogens with one attached hydrogen (secondary N) is 1. The Morgan fingerprint density at radius 3 is 2.61 bits per heavy atom. The van der Waals surface area contributed by atoms with Crippen molar-refractivity contribution in [2.24, 2.45) is 0 Å². The quantitative estimate of drug-likeness (QED) is 0.918. The highest BCUT2D eigenvalue weighted by atomic mass is 35.5. The van der Waals surface area contributed by atoms with Gasteiger partial charge in [-0.3, -0.25) is 4.79 Å². The Bertz CT molecular complexity index is 580. The molecule has 3 atom stereocenters. The van der Waals surface area contributed by atoms with Crippen LogP contribution in [0, 0.1) is 6.92 Å². The van der Waals surface area contributed by atoms with E-state index in [1.165, 1.54) is 12.8 Å². The molecule has 2 fully saturated rings. The minimum atomic E-state index is -0.492. The molecule has 3 unspecified atom stereocenters. The first-order valence-corrected chi connectivity index (χ1v) is 8.77. The zero-order chi connectivity index (χ0) is 16.6. The third-order valence-electron chi connectivity index (χ3n) is 5.13. The standard InChI is InChI=1S/C18H25ClN2O2/c1-11-8-16(6-7-17(11)19)23-12(2)18(22)21(3)15-9-13-4-5-14(10-15)20-13/h6-8,12-15,20H,4-5,9-10H2,1-3H3. The molecule has 0 saturated carbocycles. The average molecular weight is 337 g/mol. The Kier molecular flexibility index (Phi) is 4.83. The van der Waals surface area contributed by atoms with Gasteiger partial charge in [-0.1, -0.05) is 11.6 Å². The lowest BCUT2D eigenvalue weighted by Crippen LogP contribution is -2.51. The molecule has 4 nitrogen and oxygen atoms in total. The predicted molar refractivity (Wildman–Crippen MR) is 92.0 cm³/mol. The third kappa shape index (κ3) is 3.64. The largest absolute Gasteiger partial charge is 0.481 e. The fraction of sp³-hybridized carbons (Fsp3) is 0.611. The maximum absolute atomic E-state index is 12.7. The van der Waals surface area contributed by atoms with E-state index in [0.717, 1.165) is 18.4 Å². The molecule has 2 heterocycles. The number of hydrogen-bond donors (Lipinski definition) is 1. The molecule has 2 aliphatic heterocycles. The van der Waals surface area contributed by atoms with E-state index in [-0.39, 0.29) is 5.91 Å². The molecular weight excluding hydrogens is 312 g/mol. The van der Waals surface area contributed by atoms with Crippen LogP contribution in [0.25, 0.3) is 0 Å². The molecule has 23 heavy (non-hydrogen) atoms. The number of halogens is 1. The monoisotopic (exact) mass is 336 g/mol. The number of amides is 1. The Balaban J connectivity index is 1.61. The van der Waals surface area contributed by atoms with E-state index >= 15 is 0 Å². The summed E-state index contributed by atoms with van der Waals surface area (Å²) in [6, 6.07) is 6.95. The zero-order valence-electron chi connectivity index (χ0n) is 14.0. The maximum atomic E-state index is 12.7. The van der Waals surface area contributed by atoms with Gasteiger partial charge in [-0.05, 0) is 63.3 Å². The minimum Gasteiger partial charge on any atom is -0.481 e. The second-order valence-electron chi connectivity index (χ2n) is 6.88. The summed E-state index contributed by atoms with van der Waals surface area (Å²) in [5.74, 6) is 0.732. The number of carbonyl (C=O) groups is 1. The SMILES string of the molecule is Cc1cc(OC(C)C(=O)N(C)C2CC3CCC(C2)N3)ccc1Cl.